The summed E-state index contributed by atoms with van der Waals surface area (Å²) in [6.07, 6.45) is 0.429. The third kappa shape index (κ3) is 4.91. The summed E-state index contributed by atoms with van der Waals surface area (Å²) in [6.45, 7) is 3.39. The summed E-state index contributed by atoms with van der Waals surface area (Å²) >= 11 is 0. The number of benzene rings is 1. The third-order valence-corrected chi connectivity index (χ3v) is 6.41. The highest BCUT2D eigenvalue weighted by Gasteiger charge is 2.34. The molecular formula is C18H26N2O6S. The van der Waals surface area contributed by atoms with Gasteiger partial charge in [-0.15, -0.1) is 0 Å². The highest BCUT2D eigenvalue weighted by Crippen LogP contribution is 2.31. The lowest BCUT2D eigenvalue weighted by atomic mass is 10.2. The number of hydrogen-bond acceptors (Lipinski definition) is 6. The lowest BCUT2D eigenvalue weighted by Gasteiger charge is -2.30. The first kappa shape index (κ1) is 21.0. The van der Waals surface area contributed by atoms with E-state index in [0.717, 1.165) is 0 Å². The lowest BCUT2D eigenvalue weighted by molar-refractivity contribution is -0.132. The van der Waals surface area contributed by atoms with Crippen LogP contribution in [0.25, 0.3) is 0 Å². The van der Waals surface area contributed by atoms with Crippen molar-refractivity contribution < 1.29 is 27.5 Å². The standard InChI is InChI=1S/C18H26N2O6S/c1-5-19(15-8-9-27(23,24)12-15)18(22)11-20(13(2)21)14-6-7-16(25-3)17(10-14)26-4/h6-7,10,15H,5,8-9,11-12H2,1-4H3. The first-order chi connectivity index (χ1) is 12.7. The largest absolute Gasteiger partial charge is 0.493 e. The van der Waals surface area contributed by atoms with Crippen molar-refractivity contribution in [3.8, 4) is 11.5 Å². The van der Waals surface area contributed by atoms with Gasteiger partial charge in [0.2, 0.25) is 11.8 Å². The fourth-order valence-corrected chi connectivity index (χ4v) is 4.99. The van der Waals surface area contributed by atoms with Crippen LogP contribution in [0.15, 0.2) is 18.2 Å². The zero-order valence-electron chi connectivity index (χ0n) is 16.1. The van der Waals surface area contributed by atoms with Gasteiger partial charge in [-0.2, -0.15) is 0 Å². The molecular weight excluding hydrogens is 372 g/mol. The number of carbonyl (C=O) groups excluding carboxylic acids is 2. The summed E-state index contributed by atoms with van der Waals surface area (Å²) < 4.78 is 33.9. The number of ether oxygens (including phenoxy) is 2. The first-order valence-corrected chi connectivity index (χ1v) is 10.5. The summed E-state index contributed by atoms with van der Waals surface area (Å²) in [5.74, 6) is 0.442. The Balaban J connectivity index is 2.22. The Morgan fingerprint density at radius 2 is 1.85 bits per heavy atom. The van der Waals surface area contributed by atoms with Crippen LogP contribution in [0.4, 0.5) is 5.69 Å². The Bertz CT molecular complexity index is 808. The normalized spacial score (nSPS) is 18.0. The van der Waals surface area contributed by atoms with Gasteiger partial charge in [0.1, 0.15) is 6.54 Å². The number of nitrogens with zero attached hydrogens (tertiary/aromatic N) is 2. The molecule has 150 valence electrons. The molecule has 0 saturated carbocycles. The van der Waals surface area contributed by atoms with Crippen molar-refractivity contribution in [2.75, 3.05) is 43.7 Å². The maximum absolute atomic E-state index is 12.8. The molecule has 1 atom stereocenters. The molecule has 0 spiro atoms. The van der Waals surface area contributed by atoms with Crippen molar-refractivity contribution >= 4 is 27.3 Å². The molecule has 2 amide bonds. The van der Waals surface area contributed by atoms with Gasteiger partial charge in [0.15, 0.2) is 21.3 Å². The van der Waals surface area contributed by atoms with E-state index in [4.69, 9.17) is 9.47 Å². The van der Waals surface area contributed by atoms with E-state index in [2.05, 4.69) is 0 Å². The predicted molar refractivity (Wildman–Crippen MR) is 102 cm³/mol. The van der Waals surface area contributed by atoms with Crippen LogP contribution < -0.4 is 14.4 Å². The average molecular weight is 398 g/mol. The second-order valence-corrected chi connectivity index (χ2v) is 8.61. The maximum atomic E-state index is 12.8. The van der Waals surface area contributed by atoms with Crippen LogP contribution in [0.3, 0.4) is 0 Å². The number of hydrogen-bond donors (Lipinski definition) is 0. The molecule has 27 heavy (non-hydrogen) atoms. The molecule has 1 unspecified atom stereocenters. The number of methoxy groups -OCH3 is 2. The van der Waals surface area contributed by atoms with Crippen LogP contribution >= 0.6 is 0 Å². The van der Waals surface area contributed by atoms with E-state index in [1.807, 2.05) is 0 Å². The van der Waals surface area contributed by atoms with Crippen molar-refractivity contribution in [2.45, 2.75) is 26.3 Å². The van der Waals surface area contributed by atoms with Crippen molar-refractivity contribution in [2.24, 2.45) is 0 Å². The molecule has 0 bridgehead atoms. The van der Waals surface area contributed by atoms with Gasteiger partial charge in [0.05, 0.1) is 25.7 Å². The van der Waals surface area contributed by atoms with Gasteiger partial charge < -0.3 is 19.3 Å². The minimum absolute atomic E-state index is 0.0248. The fourth-order valence-electron chi connectivity index (χ4n) is 3.26. The van der Waals surface area contributed by atoms with E-state index in [9.17, 15) is 18.0 Å². The monoisotopic (exact) mass is 398 g/mol. The molecule has 1 aliphatic heterocycles. The summed E-state index contributed by atoms with van der Waals surface area (Å²) in [5.41, 5.74) is 0.503. The Morgan fingerprint density at radius 1 is 1.19 bits per heavy atom. The molecule has 1 saturated heterocycles. The Kier molecular flexibility index (Phi) is 6.69. The molecule has 0 radical (unpaired) electrons. The zero-order chi connectivity index (χ0) is 20.2. The maximum Gasteiger partial charge on any atom is 0.242 e. The summed E-state index contributed by atoms with van der Waals surface area (Å²) in [7, 11) is -0.0998. The molecule has 8 nitrogen and oxygen atoms in total. The molecule has 1 fully saturated rings. The van der Waals surface area contributed by atoms with Gasteiger partial charge in [0, 0.05) is 31.3 Å². The highest BCUT2D eigenvalue weighted by molar-refractivity contribution is 7.91. The number of anilines is 1. The quantitative estimate of drug-likeness (QED) is 0.683. The van der Waals surface area contributed by atoms with E-state index in [0.29, 0.717) is 30.2 Å². The number of amides is 2. The smallest absolute Gasteiger partial charge is 0.242 e. The van der Waals surface area contributed by atoms with E-state index < -0.39 is 9.84 Å². The summed E-state index contributed by atoms with van der Waals surface area (Å²) in [4.78, 5) is 27.9. The van der Waals surface area contributed by atoms with Gasteiger partial charge >= 0.3 is 0 Å². The van der Waals surface area contributed by atoms with Gasteiger partial charge in [-0.3, -0.25) is 9.59 Å². The van der Waals surface area contributed by atoms with Gasteiger partial charge in [-0.25, -0.2) is 8.42 Å². The number of rotatable bonds is 7. The van der Waals surface area contributed by atoms with Crippen LogP contribution in [0.1, 0.15) is 20.3 Å². The van der Waals surface area contributed by atoms with Crippen molar-refractivity contribution in [3.05, 3.63) is 18.2 Å². The molecule has 1 aromatic carbocycles. The summed E-state index contributed by atoms with van der Waals surface area (Å²) in [5, 5.41) is 0. The van der Waals surface area contributed by atoms with Crippen LogP contribution in [0, 0.1) is 0 Å². The van der Waals surface area contributed by atoms with Gasteiger partial charge in [-0.1, -0.05) is 0 Å². The molecule has 2 rings (SSSR count). The minimum Gasteiger partial charge on any atom is -0.493 e. The van der Waals surface area contributed by atoms with Crippen LogP contribution in [-0.2, 0) is 19.4 Å². The average Bonchev–Trinajstić information content (AvgIpc) is 2.98. The van der Waals surface area contributed by atoms with E-state index in [1.165, 1.54) is 26.0 Å². The van der Waals surface area contributed by atoms with E-state index >= 15 is 0 Å². The molecule has 1 aromatic rings. The number of carbonyl (C=O) groups is 2. The third-order valence-electron chi connectivity index (χ3n) is 4.66. The number of likely N-dealkylation sites (N-methyl/N-ethyl adjacent to an activating group) is 1. The molecule has 0 aromatic heterocycles. The van der Waals surface area contributed by atoms with E-state index in [-0.39, 0.29) is 35.9 Å². The van der Waals surface area contributed by atoms with Crippen molar-refractivity contribution in [1.82, 2.24) is 4.90 Å². The van der Waals surface area contributed by atoms with Gasteiger partial charge in [-0.05, 0) is 25.5 Å². The Labute approximate surface area is 160 Å². The lowest BCUT2D eigenvalue weighted by Crippen LogP contribution is -2.47. The zero-order valence-corrected chi connectivity index (χ0v) is 16.9. The first-order valence-electron chi connectivity index (χ1n) is 8.72. The highest BCUT2D eigenvalue weighted by atomic mass is 32.2. The molecule has 1 aliphatic rings. The summed E-state index contributed by atoms with van der Waals surface area (Å²) in [6, 6.07) is 4.62. The predicted octanol–water partition coefficient (Wildman–Crippen LogP) is 1.09. The van der Waals surface area contributed by atoms with E-state index in [1.54, 1.807) is 30.0 Å². The SMILES string of the molecule is CCN(C(=O)CN(C(C)=O)c1ccc(OC)c(OC)c1)C1CCS(=O)(=O)C1. The van der Waals surface area contributed by atoms with Crippen LogP contribution in [-0.4, -0.2) is 70.0 Å². The Hall–Kier alpha value is -2.29. The van der Waals surface area contributed by atoms with Crippen LogP contribution in [0.2, 0.25) is 0 Å². The Morgan fingerprint density at radius 3 is 2.33 bits per heavy atom. The molecule has 9 heteroatoms. The minimum atomic E-state index is -3.10. The number of sulfone groups is 1. The second kappa shape index (κ2) is 8.60. The van der Waals surface area contributed by atoms with Crippen molar-refractivity contribution in [3.63, 3.8) is 0 Å². The van der Waals surface area contributed by atoms with Gasteiger partial charge in [0.25, 0.3) is 0 Å². The fraction of sp³-hybridized carbons (Fsp3) is 0.556. The van der Waals surface area contributed by atoms with Crippen LogP contribution in [0.5, 0.6) is 11.5 Å². The molecule has 1 heterocycles. The second-order valence-electron chi connectivity index (χ2n) is 6.38. The van der Waals surface area contributed by atoms with Crippen molar-refractivity contribution in [1.29, 1.82) is 0 Å². The topological polar surface area (TPSA) is 93.2 Å². The molecule has 0 N–H and O–H groups in total. The molecule has 0 aliphatic carbocycles.